The van der Waals surface area contributed by atoms with E-state index < -0.39 is 10.0 Å². The number of ketones is 1. The van der Waals surface area contributed by atoms with Crippen molar-refractivity contribution in [2.24, 2.45) is 5.92 Å². The Bertz CT molecular complexity index is 871. The van der Waals surface area contributed by atoms with Crippen molar-refractivity contribution in [1.82, 2.24) is 14.5 Å². The molecule has 8 heteroatoms. The number of aromatic nitrogens is 2. The first-order valence-corrected chi connectivity index (χ1v) is 9.94. The lowest BCUT2D eigenvalue weighted by Gasteiger charge is -2.31. The number of carbonyl (C=O) groups is 1. The van der Waals surface area contributed by atoms with Crippen molar-refractivity contribution in [3.63, 3.8) is 0 Å². The molecular weight excluding hydrogens is 362 g/mol. The van der Waals surface area contributed by atoms with Gasteiger partial charge >= 0.3 is 0 Å². The molecule has 0 saturated carbocycles. The summed E-state index contributed by atoms with van der Waals surface area (Å²) in [6.07, 6.45) is 1.33. The molecule has 2 aromatic rings. The maximum absolute atomic E-state index is 13.0. The predicted octanol–water partition coefficient (Wildman–Crippen LogP) is 2.96. The van der Waals surface area contributed by atoms with Crippen LogP contribution in [0.3, 0.4) is 0 Å². The molecule has 0 bridgehead atoms. The van der Waals surface area contributed by atoms with Gasteiger partial charge in [0.25, 0.3) is 0 Å². The lowest BCUT2D eigenvalue weighted by molar-refractivity contribution is 0.0872. The Kier molecular flexibility index (Phi) is 4.99. The van der Waals surface area contributed by atoms with Crippen LogP contribution in [0, 0.1) is 19.8 Å². The van der Waals surface area contributed by atoms with Gasteiger partial charge in [0.05, 0.1) is 11.4 Å². The molecule has 1 aliphatic heterocycles. The fraction of sp³-hybridized carbons (Fsp3) is 0.412. The minimum atomic E-state index is -3.67. The van der Waals surface area contributed by atoms with Crippen molar-refractivity contribution < 1.29 is 13.2 Å². The Labute approximate surface area is 152 Å². The summed E-state index contributed by atoms with van der Waals surface area (Å²) in [4.78, 5) is 12.9. The highest BCUT2D eigenvalue weighted by Crippen LogP contribution is 2.28. The number of rotatable bonds is 4. The van der Waals surface area contributed by atoms with Crippen LogP contribution in [-0.2, 0) is 10.0 Å². The van der Waals surface area contributed by atoms with Crippen molar-refractivity contribution in [2.75, 3.05) is 13.1 Å². The molecule has 134 valence electrons. The van der Waals surface area contributed by atoms with Crippen molar-refractivity contribution in [3.05, 3.63) is 46.2 Å². The molecule has 1 aromatic carbocycles. The van der Waals surface area contributed by atoms with E-state index in [4.69, 9.17) is 11.6 Å². The first-order chi connectivity index (χ1) is 11.8. The molecule has 1 atom stereocenters. The quantitative estimate of drug-likeness (QED) is 0.825. The topological polar surface area (TPSA) is 83.1 Å². The third kappa shape index (κ3) is 3.49. The molecule has 3 rings (SSSR count). The minimum absolute atomic E-state index is 0.0443. The van der Waals surface area contributed by atoms with Crippen molar-refractivity contribution in [1.29, 1.82) is 0 Å². The largest absolute Gasteiger partial charge is 0.294 e. The summed E-state index contributed by atoms with van der Waals surface area (Å²) in [5.41, 5.74) is 1.52. The third-order valence-electron chi connectivity index (χ3n) is 4.54. The van der Waals surface area contributed by atoms with E-state index in [-0.39, 0.29) is 23.1 Å². The van der Waals surface area contributed by atoms with E-state index in [0.717, 1.165) is 0 Å². The Morgan fingerprint density at radius 2 is 1.96 bits per heavy atom. The fourth-order valence-electron chi connectivity index (χ4n) is 3.27. The van der Waals surface area contributed by atoms with Gasteiger partial charge in [0.1, 0.15) is 4.90 Å². The van der Waals surface area contributed by atoms with E-state index in [1.54, 1.807) is 38.1 Å². The lowest BCUT2D eigenvalue weighted by Crippen LogP contribution is -2.42. The summed E-state index contributed by atoms with van der Waals surface area (Å²) >= 11 is 5.86. The van der Waals surface area contributed by atoms with Gasteiger partial charge in [-0.25, -0.2) is 8.42 Å². The zero-order chi connectivity index (χ0) is 18.2. The summed E-state index contributed by atoms with van der Waals surface area (Å²) in [6, 6.07) is 6.71. The van der Waals surface area contributed by atoms with Crippen LogP contribution >= 0.6 is 11.6 Å². The summed E-state index contributed by atoms with van der Waals surface area (Å²) in [6.45, 7) is 3.95. The second-order valence-corrected chi connectivity index (χ2v) is 8.65. The number of piperidine rings is 1. The summed E-state index contributed by atoms with van der Waals surface area (Å²) in [5, 5.41) is 7.25. The number of aryl methyl sites for hydroxylation is 2. The number of nitrogens with one attached hydrogen (secondary N) is 1. The highest BCUT2D eigenvalue weighted by atomic mass is 35.5. The summed E-state index contributed by atoms with van der Waals surface area (Å²) in [5.74, 6) is -0.394. The number of carbonyl (C=O) groups excluding carboxylic acids is 1. The van der Waals surface area contributed by atoms with Gasteiger partial charge in [0.2, 0.25) is 10.0 Å². The van der Waals surface area contributed by atoms with Crippen molar-refractivity contribution in [2.45, 2.75) is 31.6 Å². The molecule has 0 amide bonds. The van der Waals surface area contributed by atoms with Crippen LogP contribution in [0.25, 0.3) is 0 Å². The van der Waals surface area contributed by atoms with Crippen LogP contribution in [-0.4, -0.2) is 41.8 Å². The number of sulfonamides is 1. The van der Waals surface area contributed by atoms with E-state index in [2.05, 4.69) is 10.2 Å². The Morgan fingerprint density at radius 1 is 1.28 bits per heavy atom. The number of hydrogen-bond donors (Lipinski definition) is 1. The number of halogens is 1. The molecule has 1 N–H and O–H groups in total. The molecule has 1 aromatic heterocycles. The minimum Gasteiger partial charge on any atom is -0.294 e. The van der Waals surface area contributed by atoms with Gasteiger partial charge in [-0.05, 0) is 51.0 Å². The van der Waals surface area contributed by atoms with Gasteiger partial charge in [-0.2, -0.15) is 9.40 Å². The molecular formula is C17H20ClN3O3S. The zero-order valence-corrected chi connectivity index (χ0v) is 15.7. The Hall–Kier alpha value is -1.70. The second-order valence-electron chi connectivity index (χ2n) is 6.34. The third-order valence-corrected chi connectivity index (χ3v) is 6.92. The van der Waals surface area contributed by atoms with Gasteiger partial charge in [0, 0.05) is 29.6 Å². The van der Waals surface area contributed by atoms with Crippen LogP contribution in [0.15, 0.2) is 29.2 Å². The number of Topliss-reactive ketones (excluding diaryl/α,β-unsaturated/α-hetero) is 1. The standard InChI is InChI=1S/C17H20ClN3O3S/c1-11-17(12(2)20-19-11)25(23,24)21-9-3-4-14(10-21)16(22)13-5-7-15(18)8-6-13/h5-8,14H,3-4,9-10H2,1-2H3,(H,19,20). The fourth-order valence-corrected chi connectivity index (χ4v) is 5.26. The number of hydrogen-bond acceptors (Lipinski definition) is 4. The number of H-pyrrole nitrogens is 1. The van der Waals surface area contributed by atoms with E-state index in [9.17, 15) is 13.2 Å². The first-order valence-electron chi connectivity index (χ1n) is 8.12. The van der Waals surface area contributed by atoms with Gasteiger partial charge in [-0.1, -0.05) is 11.6 Å². The average molecular weight is 382 g/mol. The van der Waals surface area contributed by atoms with Crippen molar-refractivity contribution in [3.8, 4) is 0 Å². The number of aromatic amines is 1. The van der Waals surface area contributed by atoms with Gasteiger partial charge in [-0.15, -0.1) is 0 Å². The molecule has 1 unspecified atom stereocenters. The predicted molar refractivity (Wildman–Crippen MR) is 95.3 cm³/mol. The van der Waals surface area contributed by atoms with E-state index in [1.807, 2.05) is 0 Å². The molecule has 1 fully saturated rings. The van der Waals surface area contributed by atoms with Crippen LogP contribution in [0.5, 0.6) is 0 Å². The molecule has 0 radical (unpaired) electrons. The molecule has 1 saturated heterocycles. The monoisotopic (exact) mass is 381 g/mol. The maximum Gasteiger partial charge on any atom is 0.246 e. The average Bonchev–Trinajstić information content (AvgIpc) is 2.94. The highest BCUT2D eigenvalue weighted by molar-refractivity contribution is 7.89. The number of benzene rings is 1. The molecule has 1 aliphatic rings. The van der Waals surface area contributed by atoms with Crippen LogP contribution in [0.4, 0.5) is 0 Å². The van der Waals surface area contributed by atoms with E-state index in [1.165, 1.54) is 4.31 Å². The lowest BCUT2D eigenvalue weighted by atomic mass is 9.91. The van der Waals surface area contributed by atoms with E-state index >= 15 is 0 Å². The first kappa shape index (κ1) is 18.1. The summed E-state index contributed by atoms with van der Waals surface area (Å²) < 4.78 is 27.4. The molecule has 0 aliphatic carbocycles. The van der Waals surface area contributed by atoms with Crippen molar-refractivity contribution >= 4 is 27.4 Å². The van der Waals surface area contributed by atoms with Gasteiger partial charge in [0.15, 0.2) is 5.78 Å². The smallest absolute Gasteiger partial charge is 0.246 e. The van der Waals surface area contributed by atoms with Crippen LogP contribution < -0.4 is 0 Å². The molecule has 0 spiro atoms. The maximum atomic E-state index is 13.0. The SMILES string of the molecule is Cc1n[nH]c(C)c1S(=O)(=O)N1CCCC(C(=O)c2ccc(Cl)cc2)C1. The van der Waals surface area contributed by atoms with E-state index in [0.29, 0.717) is 41.4 Å². The highest BCUT2D eigenvalue weighted by Gasteiger charge is 2.35. The molecule has 25 heavy (non-hydrogen) atoms. The second kappa shape index (κ2) is 6.90. The Balaban J connectivity index is 1.83. The van der Waals surface area contributed by atoms with Crippen LogP contribution in [0.2, 0.25) is 5.02 Å². The zero-order valence-electron chi connectivity index (χ0n) is 14.1. The van der Waals surface area contributed by atoms with Crippen LogP contribution in [0.1, 0.15) is 34.6 Å². The van der Waals surface area contributed by atoms with Gasteiger partial charge < -0.3 is 0 Å². The summed E-state index contributed by atoms with van der Waals surface area (Å²) in [7, 11) is -3.67. The normalized spacial score (nSPS) is 19.1. The Morgan fingerprint density at radius 3 is 2.56 bits per heavy atom. The molecule has 6 nitrogen and oxygen atoms in total. The van der Waals surface area contributed by atoms with Gasteiger partial charge in [-0.3, -0.25) is 9.89 Å². The molecule has 2 heterocycles. The number of nitrogens with zero attached hydrogens (tertiary/aromatic N) is 2.